The van der Waals surface area contributed by atoms with Crippen LogP contribution in [0.1, 0.15) is 34.3 Å². The molecule has 1 N–H and O–H groups in total. The minimum absolute atomic E-state index is 0.00269. The fourth-order valence-electron chi connectivity index (χ4n) is 4.65. The summed E-state index contributed by atoms with van der Waals surface area (Å²) in [5.41, 5.74) is 3.62. The van der Waals surface area contributed by atoms with Crippen LogP contribution in [-0.4, -0.2) is 47.2 Å². The van der Waals surface area contributed by atoms with Crippen LogP contribution in [-0.2, 0) is 4.79 Å². The number of nitrogens with zero attached hydrogens (tertiary/aromatic N) is 3. The van der Waals surface area contributed by atoms with Crippen molar-refractivity contribution in [3.63, 3.8) is 0 Å². The van der Waals surface area contributed by atoms with E-state index in [4.69, 9.17) is 28.2 Å². The van der Waals surface area contributed by atoms with Gasteiger partial charge in [-0.3, -0.25) is 14.7 Å². The molecule has 178 valence electrons. The first-order valence-electron chi connectivity index (χ1n) is 11.4. The highest BCUT2D eigenvalue weighted by molar-refractivity contribution is 6.34. The number of amides is 3. The first-order valence-corrected chi connectivity index (χ1v) is 12.2. The average Bonchev–Trinajstić information content (AvgIpc) is 3.24. The number of halogens is 2. The molecule has 3 amide bonds. The lowest BCUT2D eigenvalue weighted by atomic mass is 9.93. The molecule has 0 spiro atoms. The van der Waals surface area contributed by atoms with E-state index in [9.17, 15) is 9.59 Å². The summed E-state index contributed by atoms with van der Waals surface area (Å²) < 4.78 is 0. The van der Waals surface area contributed by atoms with Gasteiger partial charge in [0.25, 0.3) is 0 Å². The fourth-order valence-corrected chi connectivity index (χ4v) is 4.99. The molecule has 1 fully saturated rings. The molecule has 0 saturated carbocycles. The van der Waals surface area contributed by atoms with Gasteiger partial charge in [-0.2, -0.15) is 0 Å². The number of rotatable bonds is 3. The van der Waals surface area contributed by atoms with Crippen LogP contribution in [0.4, 0.5) is 4.79 Å². The molecule has 2 atom stereocenters. The molecule has 0 aromatic heterocycles. The van der Waals surface area contributed by atoms with Crippen molar-refractivity contribution >= 4 is 41.0 Å². The molecule has 1 saturated heterocycles. The van der Waals surface area contributed by atoms with E-state index in [1.165, 1.54) is 0 Å². The maximum atomic E-state index is 14.1. The Hall–Kier alpha value is -3.35. The van der Waals surface area contributed by atoms with E-state index < -0.39 is 6.04 Å². The van der Waals surface area contributed by atoms with Gasteiger partial charge in [0.2, 0.25) is 5.91 Å². The fraction of sp³-hybridized carbons (Fsp3) is 0.222. The van der Waals surface area contributed by atoms with Crippen molar-refractivity contribution in [3.8, 4) is 0 Å². The molecule has 35 heavy (non-hydrogen) atoms. The Bertz CT molecular complexity index is 1310. The van der Waals surface area contributed by atoms with Crippen LogP contribution < -0.4 is 5.32 Å². The molecule has 3 aromatic rings. The second kappa shape index (κ2) is 9.72. The van der Waals surface area contributed by atoms with Crippen LogP contribution in [0.15, 0.2) is 77.8 Å². The van der Waals surface area contributed by atoms with Gasteiger partial charge < -0.3 is 10.2 Å². The normalized spacial score (nSPS) is 20.0. The van der Waals surface area contributed by atoms with Crippen molar-refractivity contribution in [1.82, 2.24) is 15.1 Å². The zero-order chi connectivity index (χ0) is 24.5. The van der Waals surface area contributed by atoms with Crippen LogP contribution in [0.5, 0.6) is 0 Å². The summed E-state index contributed by atoms with van der Waals surface area (Å²) in [4.78, 5) is 34.6. The molecule has 2 aliphatic rings. The molecule has 2 heterocycles. The second-order valence-electron chi connectivity index (χ2n) is 8.71. The molecule has 3 aromatic carbocycles. The number of hydrogen-bond acceptors (Lipinski definition) is 3. The van der Waals surface area contributed by atoms with Crippen LogP contribution >= 0.6 is 23.2 Å². The van der Waals surface area contributed by atoms with Crippen LogP contribution in [0.25, 0.3) is 0 Å². The number of aryl methyl sites for hydroxylation is 1. The quantitative estimate of drug-likeness (QED) is 0.516. The van der Waals surface area contributed by atoms with Crippen molar-refractivity contribution in [1.29, 1.82) is 0 Å². The summed E-state index contributed by atoms with van der Waals surface area (Å²) >= 11 is 12.8. The summed E-state index contributed by atoms with van der Waals surface area (Å²) in [5.74, 6) is 0.305. The number of aliphatic imine (C=N–C) groups is 1. The Morgan fingerprint density at radius 3 is 2.49 bits per heavy atom. The van der Waals surface area contributed by atoms with E-state index in [2.05, 4.69) is 11.4 Å². The molecule has 8 heteroatoms. The van der Waals surface area contributed by atoms with Gasteiger partial charge in [-0.25, -0.2) is 4.79 Å². The highest BCUT2D eigenvalue weighted by Crippen LogP contribution is 2.45. The van der Waals surface area contributed by atoms with E-state index in [-0.39, 0.29) is 24.5 Å². The van der Waals surface area contributed by atoms with Gasteiger partial charge in [0.1, 0.15) is 18.4 Å². The Kier molecular flexibility index (Phi) is 6.50. The largest absolute Gasteiger partial charge is 0.353 e. The number of carbonyl (C=O) groups excluding carboxylic acids is 2. The number of amidine groups is 1. The molecular weight excluding hydrogens is 483 g/mol. The first-order chi connectivity index (χ1) is 16.9. The van der Waals surface area contributed by atoms with Gasteiger partial charge in [0, 0.05) is 23.7 Å². The minimum atomic E-state index is -0.431. The maximum Gasteiger partial charge on any atom is 0.326 e. The highest BCUT2D eigenvalue weighted by atomic mass is 35.5. The number of urea groups is 1. The lowest BCUT2D eigenvalue weighted by molar-refractivity contribution is -0.123. The van der Waals surface area contributed by atoms with E-state index in [1.54, 1.807) is 15.9 Å². The number of nitrogens with one attached hydrogen (secondary N) is 1. The van der Waals surface area contributed by atoms with Crippen LogP contribution in [0.3, 0.4) is 0 Å². The van der Waals surface area contributed by atoms with Gasteiger partial charge >= 0.3 is 6.03 Å². The van der Waals surface area contributed by atoms with Crippen molar-refractivity contribution in [3.05, 3.63) is 105 Å². The maximum absolute atomic E-state index is 14.1. The third-order valence-electron chi connectivity index (χ3n) is 6.29. The zero-order valence-electron chi connectivity index (χ0n) is 19.1. The van der Waals surface area contributed by atoms with E-state index >= 15 is 0 Å². The van der Waals surface area contributed by atoms with E-state index in [0.717, 1.165) is 16.7 Å². The Balaban J connectivity index is 1.69. The molecule has 2 aliphatic heterocycles. The highest BCUT2D eigenvalue weighted by Gasteiger charge is 2.44. The standard InChI is InChI=1S/C27H24Cl2N4O2/c1-17-5-4-6-19(15-17)25-24(18-9-11-20(28)12-10-18)31-26(21-7-2-3-8-22(21)29)33(25)27(35)32-14-13-30-23(34)16-32/h2-12,15,24-25H,13-14,16H2,1H3,(H,30,34). The van der Waals surface area contributed by atoms with Gasteiger partial charge in [-0.15, -0.1) is 0 Å². The molecular formula is C27H24Cl2N4O2. The van der Waals surface area contributed by atoms with Gasteiger partial charge in [0.05, 0.1) is 11.1 Å². The summed E-state index contributed by atoms with van der Waals surface area (Å²) in [6.45, 7) is 2.85. The Morgan fingerprint density at radius 1 is 1.00 bits per heavy atom. The average molecular weight is 507 g/mol. The number of benzene rings is 3. The summed E-state index contributed by atoms with van der Waals surface area (Å²) in [6, 6.07) is 21.9. The summed E-state index contributed by atoms with van der Waals surface area (Å²) in [5, 5.41) is 3.91. The minimum Gasteiger partial charge on any atom is -0.353 e. The number of carbonyl (C=O) groups is 2. The van der Waals surface area contributed by atoms with Crippen LogP contribution in [0, 0.1) is 6.92 Å². The van der Waals surface area contributed by atoms with Gasteiger partial charge in [-0.1, -0.05) is 77.3 Å². The van der Waals surface area contributed by atoms with Crippen molar-refractivity contribution in [2.24, 2.45) is 4.99 Å². The third-order valence-corrected chi connectivity index (χ3v) is 6.87. The van der Waals surface area contributed by atoms with Gasteiger partial charge in [0.15, 0.2) is 0 Å². The number of piperazine rings is 1. The van der Waals surface area contributed by atoms with Crippen molar-refractivity contribution < 1.29 is 9.59 Å². The topological polar surface area (TPSA) is 65.0 Å². The van der Waals surface area contributed by atoms with E-state index in [0.29, 0.717) is 34.5 Å². The Labute approximate surface area is 214 Å². The van der Waals surface area contributed by atoms with Crippen LogP contribution in [0.2, 0.25) is 10.0 Å². The molecule has 2 unspecified atom stereocenters. The third kappa shape index (κ3) is 4.64. The predicted molar refractivity (Wildman–Crippen MR) is 138 cm³/mol. The first kappa shape index (κ1) is 23.4. The molecule has 0 aliphatic carbocycles. The molecule has 5 rings (SSSR count). The zero-order valence-corrected chi connectivity index (χ0v) is 20.6. The predicted octanol–water partition coefficient (Wildman–Crippen LogP) is 5.40. The lowest BCUT2D eigenvalue weighted by Gasteiger charge is -2.35. The van der Waals surface area contributed by atoms with E-state index in [1.807, 2.05) is 67.6 Å². The second-order valence-corrected chi connectivity index (χ2v) is 9.56. The summed E-state index contributed by atoms with van der Waals surface area (Å²) in [6.07, 6.45) is 0. The molecule has 6 nitrogen and oxygen atoms in total. The van der Waals surface area contributed by atoms with Crippen molar-refractivity contribution in [2.45, 2.75) is 19.0 Å². The monoisotopic (exact) mass is 506 g/mol. The molecule has 0 bridgehead atoms. The van der Waals surface area contributed by atoms with Gasteiger partial charge in [-0.05, 0) is 42.3 Å². The summed E-state index contributed by atoms with van der Waals surface area (Å²) in [7, 11) is 0. The van der Waals surface area contributed by atoms with Crippen molar-refractivity contribution in [2.75, 3.05) is 19.6 Å². The smallest absolute Gasteiger partial charge is 0.326 e. The number of hydrogen-bond donors (Lipinski definition) is 1. The Morgan fingerprint density at radius 2 is 1.77 bits per heavy atom. The SMILES string of the molecule is Cc1cccc(C2C(c3ccc(Cl)cc3)N=C(c3ccccc3Cl)N2C(=O)N2CCNC(=O)C2)c1. The molecule has 0 radical (unpaired) electrons. The lowest BCUT2D eigenvalue weighted by Crippen LogP contribution is -2.55.